The summed E-state index contributed by atoms with van der Waals surface area (Å²) in [5, 5.41) is 20.3. The molecule has 0 saturated carbocycles. The van der Waals surface area contributed by atoms with Gasteiger partial charge in [-0.25, -0.2) is 4.39 Å². The van der Waals surface area contributed by atoms with Crippen LogP contribution in [0, 0.1) is 30.0 Å². The largest absolute Gasteiger partial charge is 0.493 e. The highest BCUT2D eigenvalue weighted by atomic mass is 19.1. The number of benzene rings is 2. The van der Waals surface area contributed by atoms with Gasteiger partial charge in [-0.05, 0) is 67.6 Å². The van der Waals surface area contributed by atoms with Gasteiger partial charge in [0.05, 0.1) is 29.3 Å². The minimum atomic E-state index is -0.649. The van der Waals surface area contributed by atoms with Crippen molar-refractivity contribution >= 4 is 0 Å². The lowest BCUT2D eigenvalue weighted by atomic mass is 9.93. The van der Waals surface area contributed by atoms with Gasteiger partial charge in [0.2, 0.25) is 5.88 Å². The van der Waals surface area contributed by atoms with Crippen LogP contribution in [-0.2, 0) is 17.8 Å². The molecule has 0 radical (unpaired) electrons. The molecule has 7 nitrogen and oxygen atoms in total. The van der Waals surface area contributed by atoms with Gasteiger partial charge in [0.15, 0.2) is 0 Å². The standard InChI is InChI=1S/C32H33FN4O3/c1-19(2)30(25-13-23(17-34)14-26(33)16-25)37-29(18-40-20(3)4)36-31(38)28(32(37)39)15-22-8-10-24(11-9-22)27-7-6-12-35-21(27)5/h6-14,16,19-20,30,38H,15,18H2,1-5H3/t30-/m0/s1. The van der Waals surface area contributed by atoms with Gasteiger partial charge in [-0.15, -0.1) is 0 Å². The maximum absolute atomic E-state index is 14.5. The number of aromatic nitrogens is 3. The Balaban J connectivity index is 1.82. The summed E-state index contributed by atoms with van der Waals surface area (Å²) in [5.41, 5.74) is 4.05. The summed E-state index contributed by atoms with van der Waals surface area (Å²) in [6.07, 6.45) is 1.75. The molecule has 40 heavy (non-hydrogen) atoms. The van der Waals surface area contributed by atoms with Crippen molar-refractivity contribution in [2.45, 2.75) is 59.8 Å². The molecule has 1 N–H and O–H groups in total. The zero-order valence-corrected chi connectivity index (χ0v) is 23.4. The van der Waals surface area contributed by atoms with E-state index in [2.05, 4.69) is 9.97 Å². The monoisotopic (exact) mass is 540 g/mol. The van der Waals surface area contributed by atoms with Gasteiger partial charge in [0, 0.05) is 23.9 Å². The van der Waals surface area contributed by atoms with Gasteiger partial charge in [-0.1, -0.05) is 44.2 Å². The first-order chi connectivity index (χ1) is 19.1. The van der Waals surface area contributed by atoms with Gasteiger partial charge in [-0.3, -0.25) is 14.3 Å². The van der Waals surface area contributed by atoms with Crippen molar-refractivity contribution in [1.82, 2.24) is 14.5 Å². The van der Waals surface area contributed by atoms with E-state index in [0.717, 1.165) is 28.5 Å². The summed E-state index contributed by atoms with van der Waals surface area (Å²) in [5.74, 6) is -0.882. The van der Waals surface area contributed by atoms with Crippen molar-refractivity contribution in [3.05, 3.63) is 111 Å². The van der Waals surface area contributed by atoms with Crippen LogP contribution in [0.4, 0.5) is 4.39 Å². The molecule has 4 aromatic rings. The molecular formula is C32H33FN4O3. The Morgan fingerprint density at radius 2 is 1.82 bits per heavy atom. The maximum atomic E-state index is 14.5. The Morgan fingerprint density at radius 3 is 2.45 bits per heavy atom. The van der Waals surface area contributed by atoms with E-state index in [4.69, 9.17) is 4.74 Å². The molecule has 0 amide bonds. The Hall–Kier alpha value is -4.35. The number of nitriles is 1. The van der Waals surface area contributed by atoms with Crippen molar-refractivity contribution in [1.29, 1.82) is 5.26 Å². The van der Waals surface area contributed by atoms with Crippen molar-refractivity contribution in [3.8, 4) is 23.1 Å². The van der Waals surface area contributed by atoms with E-state index < -0.39 is 17.4 Å². The van der Waals surface area contributed by atoms with E-state index >= 15 is 0 Å². The third-order valence-electron chi connectivity index (χ3n) is 6.76. The molecule has 0 aliphatic carbocycles. The molecule has 2 aromatic heterocycles. The van der Waals surface area contributed by atoms with E-state index in [0.29, 0.717) is 5.56 Å². The Labute approximate surface area is 233 Å². The van der Waals surface area contributed by atoms with E-state index in [1.807, 2.05) is 77.1 Å². The summed E-state index contributed by atoms with van der Waals surface area (Å²) in [6.45, 7) is 9.46. The topological polar surface area (TPSA) is 101 Å². The molecule has 0 fully saturated rings. The number of pyridine rings is 1. The highest BCUT2D eigenvalue weighted by molar-refractivity contribution is 5.65. The lowest BCUT2D eigenvalue weighted by molar-refractivity contribution is 0.0570. The number of hydrogen-bond donors (Lipinski definition) is 1. The van der Waals surface area contributed by atoms with Crippen molar-refractivity contribution in [3.63, 3.8) is 0 Å². The summed E-state index contributed by atoms with van der Waals surface area (Å²) in [6, 6.07) is 17.0. The zero-order chi connectivity index (χ0) is 29.0. The fraction of sp³-hybridized carbons (Fsp3) is 0.312. The molecule has 8 heteroatoms. The SMILES string of the molecule is Cc1ncccc1-c1ccc(Cc2c(O)nc(COC(C)C)n([C@H](c3cc(F)cc(C#N)c3)C(C)C)c2=O)cc1. The van der Waals surface area contributed by atoms with E-state index in [1.54, 1.807) is 12.3 Å². The number of halogens is 1. The van der Waals surface area contributed by atoms with Crippen molar-refractivity contribution < 1.29 is 14.2 Å². The summed E-state index contributed by atoms with van der Waals surface area (Å²) >= 11 is 0. The average Bonchev–Trinajstić information content (AvgIpc) is 2.91. The van der Waals surface area contributed by atoms with E-state index in [-0.39, 0.29) is 47.9 Å². The van der Waals surface area contributed by atoms with Crippen LogP contribution in [0.1, 0.15) is 67.5 Å². The third kappa shape index (κ3) is 6.27. The van der Waals surface area contributed by atoms with Crippen LogP contribution in [0.5, 0.6) is 5.88 Å². The predicted octanol–water partition coefficient (Wildman–Crippen LogP) is 6.09. The minimum Gasteiger partial charge on any atom is -0.493 e. The maximum Gasteiger partial charge on any atom is 0.261 e. The third-order valence-corrected chi connectivity index (χ3v) is 6.76. The average molecular weight is 541 g/mol. The van der Waals surface area contributed by atoms with Gasteiger partial charge in [0.1, 0.15) is 18.2 Å². The molecule has 0 bridgehead atoms. The quantitative estimate of drug-likeness (QED) is 0.276. The highest BCUT2D eigenvalue weighted by Crippen LogP contribution is 2.30. The lowest BCUT2D eigenvalue weighted by Crippen LogP contribution is -2.35. The number of nitrogens with zero attached hydrogens (tertiary/aromatic N) is 4. The molecule has 0 unspecified atom stereocenters. The lowest BCUT2D eigenvalue weighted by Gasteiger charge is -2.28. The molecular weight excluding hydrogens is 507 g/mol. The minimum absolute atomic E-state index is 0.0243. The molecule has 206 valence electrons. The molecule has 0 aliphatic heterocycles. The zero-order valence-electron chi connectivity index (χ0n) is 23.4. The van der Waals surface area contributed by atoms with Gasteiger partial charge in [-0.2, -0.15) is 10.2 Å². The number of rotatable bonds is 9. The first-order valence-corrected chi connectivity index (χ1v) is 13.2. The van der Waals surface area contributed by atoms with Crippen molar-refractivity contribution in [2.24, 2.45) is 5.92 Å². The summed E-state index contributed by atoms with van der Waals surface area (Å²) < 4.78 is 21.7. The smallest absolute Gasteiger partial charge is 0.261 e. The van der Waals surface area contributed by atoms with Crippen molar-refractivity contribution in [2.75, 3.05) is 0 Å². The number of hydrogen-bond acceptors (Lipinski definition) is 6. The second-order valence-corrected chi connectivity index (χ2v) is 10.4. The Bertz CT molecular complexity index is 1600. The molecule has 2 heterocycles. The normalized spacial score (nSPS) is 12.1. The second-order valence-electron chi connectivity index (χ2n) is 10.4. The van der Waals surface area contributed by atoms with E-state index in [1.165, 1.54) is 10.6 Å². The summed E-state index contributed by atoms with van der Waals surface area (Å²) in [7, 11) is 0. The molecule has 0 spiro atoms. The first kappa shape index (κ1) is 28.7. The Kier molecular flexibility index (Phi) is 8.76. The van der Waals surface area contributed by atoms with Gasteiger partial charge >= 0.3 is 0 Å². The highest BCUT2D eigenvalue weighted by Gasteiger charge is 2.27. The van der Waals surface area contributed by atoms with Crippen LogP contribution >= 0.6 is 0 Å². The van der Waals surface area contributed by atoms with Crippen LogP contribution in [-0.4, -0.2) is 25.7 Å². The second kappa shape index (κ2) is 12.2. The first-order valence-electron chi connectivity index (χ1n) is 13.2. The molecule has 2 aromatic carbocycles. The predicted molar refractivity (Wildman–Crippen MR) is 151 cm³/mol. The fourth-order valence-electron chi connectivity index (χ4n) is 4.86. The fourth-order valence-corrected chi connectivity index (χ4v) is 4.86. The van der Waals surface area contributed by atoms with Crippen LogP contribution < -0.4 is 5.56 Å². The Morgan fingerprint density at radius 1 is 1.10 bits per heavy atom. The molecule has 0 saturated heterocycles. The van der Waals surface area contributed by atoms with E-state index in [9.17, 15) is 19.6 Å². The number of aryl methyl sites for hydroxylation is 1. The van der Waals surface area contributed by atoms with Crippen LogP contribution in [0.3, 0.4) is 0 Å². The van der Waals surface area contributed by atoms with Gasteiger partial charge < -0.3 is 9.84 Å². The van der Waals surface area contributed by atoms with Crippen LogP contribution in [0.25, 0.3) is 11.1 Å². The molecule has 4 rings (SSSR count). The molecule has 0 aliphatic rings. The number of aromatic hydroxyl groups is 1. The summed E-state index contributed by atoms with van der Waals surface area (Å²) in [4.78, 5) is 22.8. The van der Waals surface area contributed by atoms with Crippen LogP contribution in [0.15, 0.2) is 65.6 Å². The number of ether oxygens (including phenoxy) is 1. The van der Waals surface area contributed by atoms with Crippen LogP contribution in [0.2, 0.25) is 0 Å². The van der Waals surface area contributed by atoms with Gasteiger partial charge in [0.25, 0.3) is 5.56 Å². The molecule has 1 atom stereocenters.